The van der Waals surface area contributed by atoms with Crippen LogP contribution < -0.4 is 29.6 Å². The fraction of sp³-hybridized carbons (Fsp3) is 0.667. The Hall–Kier alpha value is -0.120. The van der Waals surface area contributed by atoms with E-state index in [0.29, 0.717) is 5.41 Å². The third-order valence-corrected chi connectivity index (χ3v) is 1.59. The van der Waals surface area contributed by atoms with Crippen molar-refractivity contribution in [2.45, 2.75) is 47.0 Å². The van der Waals surface area contributed by atoms with Gasteiger partial charge in [0.15, 0.2) is 0 Å². The molecule has 1 rings (SSSR count). The maximum absolute atomic E-state index is 10.0. The van der Waals surface area contributed by atoms with Gasteiger partial charge < -0.3 is 4.74 Å². The Kier molecular flexibility index (Phi) is 9.17. The third-order valence-electron chi connectivity index (χ3n) is 1.59. The zero-order chi connectivity index (χ0) is 12.1. The van der Waals surface area contributed by atoms with Gasteiger partial charge in [-0.1, -0.05) is 26.3 Å². The second-order valence-corrected chi connectivity index (χ2v) is 5.04. The number of esters is 2. The van der Waals surface area contributed by atoms with Crippen molar-refractivity contribution in [3.8, 4) is 0 Å². The molecule has 0 bridgehead atoms. The van der Waals surface area contributed by atoms with Crippen molar-refractivity contribution in [3.63, 3.8) is 0 Å². The first-order valence-corrected chi connectivity index (χ1v) is 5.08. The van der Waals surface area contributed by atoms with Crippen molar-refractivity contribution in [2.24, 2.45) is 5.41 Å². The zero-order valence-electron chi connectivity index (χ0n) is 11.1. The summed E-state index contributed by atoms with van der Waals surface area (Å²) >= 11 is 0. The molecule has 1 fully saturated rings. The van der Waals surface area contributed by atoms with Crippen LogP contribution in [-0.4, -0.2) is 11.9 Å². The first-order chi connectivity index (χ1) is 6.70. The molecule has 0 N–H and O–H groups in total. The molecule has 3 nitrogen and oxygen atoms in total. The Morgan fingerprint density at radius 2 is 1.62 bits per heavy atom. The van der Waals surface area contributed by atoms with Crippen LogP contribution in [0.1, 0.15) is 47.0 Å². The maximum atomic E-state index is 10.0. The maximum Gasteiger partial charge on any atom is 1.00 e. The molecule has 0 radical (unpaired) electrons. The molecular weight excluding hydrogens is 215 g/mol. The molecule has 1 aliphatic rings. The van der Waals surface area contributed by atoms with Gasteiger partial charge in [0, 0.05) is 0 Å². The van der Waals surface area contributed by atoms with E-state index in [0.717, 1.165) is 6.42 Å². The summed E-state index contributed by atoms with van der Waals surface area (Å²) in [4.78, 5) is 20.0. The van der Waals surface area contributed by atoms with Crippen LogP contribution in [0.3, 0.4) is 0 Å². The minimum Gasteiger partial charge on any atom is -0.393 e. The van der Waals surface area contributed by atoms with E-state index in [4.69, 9.17) is 0 Å². The van der Waals surface area contributed by atoms with Crippen molar-refractivity contribution < 1.29 is 43.9 Å². The Morgan fingerprint density at radius 3 is 1.69 bits per heavy atom. The number of cyclic esters (lactones) is 2. The Labute approximate surface area is 120 Å². The summed E-state index contributed by atoms with van der Waals surface area (Å²) in [6.07, 6.45) is 1.66. The molecule has 1 aliphatic heterocycles. The number of carbonyl (C=O) groups excluding carboxylic acids is 2. The quantitative estimate of drug-likeness (QED) is 0.275. The number of allylic oxidation sites excluding steroid dienone is 1. The predicted molar refractivity (Wildman–Crippen MR) is 59.2 cm³/mol. The molecule has 0 aromatic heterocycles. The van der Waals surface area contributed by atoms with Crippen LogP contribution in [0.25, 0.3) is 0 Å². The van der Waals surface area contributed by atoms with Gasteiger partial charge in [-0.05, 0) is 18.8 Å². The van der Waals surface area contributed by atoms with Crippen LogP contribution in [0, 0.1) is 5.41 Å². The van der Waals surface area contributed by atoms with E-state index < -0.39 is 11.9 Å². The van der Waals surface area contributed by atoms with Crippen molar-refractivity contribution >= 4 is 11.9 Å². The first kappa shape index (κ1) is 18.3. The Balaban J connectivity index is 0. The summed E-state index contributed by atoms with van der Waals surface area (Å²) in [7, 11) is 0. The van der Waals surface area contributed by atoms with Gasteiger partial charge in [-0.2, -0.15) is 0 Å². The second-order valence-electron chi connectivity index (χ2n) is 5.04. The van der Waals surface area contributed by atoms with Crippen LogP contribution in [0.15, 0.2) is 12.2 Å². The van der Waals surface area contributed by atoms with Crippen LogP contribution in [0.2, 0.25) is 0 Å². The van der Waals surface area contributed by atoms with E-state index in [1.165, 1.54) is 5.57 Å². The van der Waals surface area contributed by atoms with Crippen molar-refractivity contribution in [3.05, 3.63) is 12.2 Å². The van der Waals surface area contributed by atoms with Gasteiger partial charge in [0.05, 0.1) is 12.8 Å². The number of hydrogen-bond acceptors (Lipinski definition) is 3. The molecule has 0 aromatic rings. The molecule has 4 heteroatoms. The van der Waals surface area contributed by atoms with Crippen molar-refractivity contribution in [2.75, 3.05) is 0 Å². The third kappa shape index (κ3) is 12.0. The smallest absolute Gasteiger partial charge is 0.393 e. The number of hydrogen-bond donors (Lipinski definition) is 0. The first-order valence-electron chi connectivity index (χ1n) is 5.08. The van der Waals surface area contributed by atoms with E-state index in [2.05, 4.69) is 39.0 Å². The van der Waals surface area contributed by atoms with Gasteiger partial charge in [0.1, 0.15) is 0 Å². The molecule has 16 heavy (non-hydrogen) atoms. The molecular formula is C12H20NaO3+. The zero-order valence-corrected chi connectivity index (χ0v) is 13.1. The van der Waals surface area contributed by atoms with Gasteiger partial charge in [0.2, 0.25) is 0 Å². The van der Waals surface area contributed by atoms with E-state index in [9.17, 15) is 9.59 Å². The normalized spacial score (nSPS) is 14.5. The Bertz CT molecular complexity index is 250. The molecule has 0 atom stereocenters. The minimum atomic E-state index is -0.398. The largest absolute Gasteiger partial charge is 1.00 e. The number of ether oxygens (including phenoxy) is 1. The van der Waals surface area contributed by atoms with Crippen LogP contribution >= 0.6 is 0 Å². The molecule has 0 aliphatic carbocycles. The van der Waals surface area contributed by atoms with Gasteiger partial charge in [-0.25, -0.2) is 0 Å². The summed E-state index contributed by atoms with van der Waals surface area (Å²) in [6, 6.07) is 0. The van der Waals surface area contributed by atoms with E-state index in [1.807, 2.05) is 0 Å². The molecule has 0 saturated carbocycles. The standard InChI is InChI=1S/C8H16.C4H4O3.Na/c1-7(2)6-8(3,4)5;5-3-1-2-4(6)7-3;/h1,6H2,2-5H3;1-2H2;/q;;+1. The topological polar surface area (TPSA) is 43.4 Å². The fourth-order valence-corrected chi connectivity index (χ4v) is 1.34. The van der Waals surface area contributed by atoms with Gasteiger partial charge in [-0.3, -0.25) is 9.59 Å². The second kappa shape index (κ2) is 8.04. The van der Waals surface area contributed by atoms with E-state index >= 15 is 0 Å². The molecule has 0 unspecified atom stereocenters. The van der Waals surface area contributed by atoms with Gasteiger partial charge in [0.25, 0.3) is 0 Å². The summed E-state index contributed by atoms with van der Waals surface area (Å²) in [5, 5.41) is 0. The molecule has 0 spiro atoms. The van der Waals surface area contributed by atoms with Crippen LogP contribution in [0.5, 0.6) is 0 Å². The predicted octanol–water partition coefficient (Wildman–Crippen LogP) is -0.147. The summed E-state index contributed by atoms with van der Waals surface area (Å²) < 4.78 is 4.08. The number of rotatable bonds is 1. The Morgan fingerprint density at radius 1 is 1.25 bits per heavy atom. The van der Waals surface area contributed by atoms with Crippen molar-refractivity contribution in [1.29, 1.82) is 0 Å². The monoisotopic (exact) mass is 235 g/mol. The SMILES string of the molecule is C=C(C)CC(C)(C)C.O=C1CCC(=O)O1.[Na+]. The average molecular weight is 235 g/mol. The van der Waals surface area contributed by atoms with Crippen molar-refractivity contribution in [1.82, 2.24) is 0 Å². The summed E-state index contributed by atoms with van der Waals surface area (Å²) in [5.74, 6) is -0.796. The van der Waals surface area contributed by atoms with E-state index in [-0.39, 0.29) is 42.4 Å². The molecule has 0 aromatic carbocycles. The van der Waals surface area contributed by atoms with Crippen LogP contribution in [0.4, 0.5) is 0 Å². The number of carbonyl (C=O) groups is 2. The van der Waals surface area contributed by atoms with Gasteiger partial charge >= 0.3 is 41.5 Å². The molecule has 0 amide bonds. The van der Waals surface area contributed by atoms with Crippen LogP contribution in [-0.2, 0) is 14.3 Å². The summed E-state index contributed by atoms with van der Waals surface area (Å²) in [5.41, 5.74) is 1.70. The average Bonchev–Trinajstić information content (AvgIpc) is 2.29. The minimum absolute atomic E-state index is 0. The molecule has 86 valence electrons. The van der Waals surface area contributed by atoms with E-state index in [1.54, 1.807) is 0 Å². The summed E-state index contributed by atoms with van der Waals surface area (Å²) in [6.45, 7) is 12.6. The van der Waals surface area contributed by atoms with Gasteiger partial charge in [-0.15, -0.1) is 6.58 Å². The fourth-order valence-electron chi connectivity index (χ4n) is 1.34. The molecule has 1 heterocycles. The molecule has 1 saturated heterocycles.